The van der Waals surface area contributed by atoms with Crippen LogP contribution >= 0.6 is 0 Å². The van der Waals surface area contributed by atoms with Crippen molar-refractivity contribution in [3.05, 3.63) is 0 Å². The van der Waals surface area contributed by atoms with Crippen molar-refractivity contribution in [1.82, 2.24) is 5.32 Å². The largest absolute Gasteiger partial charge is 0.383 e. The first kappa shape index (κ1) is 7.03. The summed E-state index contributed by atoms with van der Waals surface area (Å²) in [6, 6.07) is 0.639. The zero-order chi connectivity index (χ0) is 6.69. The Hall–Kier alpha value is -0.0800. The van der Waals surface area contributed by atoms with E-state index in [4.69, 9.17) is 4.74 Å². The van der Waals surface area contributed by atoms with E-state index in [1.807, 2.05) is 0 Å². The lowest BCUT2D eigenvalue weighted by molar-refractivity contribution is 0.0950. The molecule has 54 valence electrons. The third kappa shape index (κ3) is 1.43. The molecule has 1 N–H and O–H groups in total. The molecule has 1 saturated heterocycles. The van der Waals surface area contributed by atoms with Gasteiger partial charge in [0.25, 0.3) is 0 Å². The van der Waals surface area contributed by atoms with Gasteiger partial charge in [-0.1, -0.05) is 13.3 Å². The summed E-state index contributed by atoms with van der Waals surface area (Å²) in [5.74, 6) is 0.866. The van der Waals surface area contributed by atoms with Crippen LogP contribution in [0.3, 0.4) is 0 Å². The fourth-order valence-corrected chi connectivity index (χ4v) is 1.25. The molecule has 1 heterocycles. The molecule has 0 aromatic heterocycles. The first-order valence-corrected chi connectivity index (χ1v) is 3.60. The van der Waals surface area contributed by atoms with Crippen LogP contribution in [-0.2, 0) is 4.74 Å². The van der Waals surface area contributed by atoms with Crippen molar-refractivity contribution in [2.24, 2.45) is 5.92 Å². The van der Waals surface area contributed by atoms with E-state index in [-0.39, 0.29) is 0 Å². The van der Waals surface area contributed by atoms with Crippen LogP contribution in [0.4, 0.5) is 0 Å². The maximum atomic E-state index is 5.02. The van der Waals surface area contributed by atoms with Crippen LogP contribution in [0.15, 0.2) is 0 Å². The second-order valence-electron chi connectivity index (χ2n) is 2.64. The van der Waals surface area contributed by atoms with E-state index in [1.54, 1.807) is 7.11 Å². The van der Waals surface area contributed by atoms with Gasteiger partial charge in [-0.05, 0) is 12.5 Å². The van der Waals surface area contributed by atoms with Gasteiger partial charge in [0.05, 0.1) is 6.61 Å². The monoisotopic (exact) mass is 129 g/mol. The molecule has 0 amide bonds. The fourth-order valence-electron chi connectivity index (χ4n) is 1.25. The Labute approximate surface area is 56.6 Å². The van der Waals surface area contributed by atoms with Gasteiger partial charge in [0, 0.05) is 13.2 Å². The van der Waals surface area contributed by atoms with Gasteiger partial charge < -0.3 is 10.1 Å². The smallest absolute Gasteiger partial charge is 0.0619 e. The number of rotatable bonds is 3. The molecular weight excluding hydrogens is 114 g/mol. The average Bonchev–Trinajstić information content (AvgIpc) is 1.82. The van der Waals surface area contributed by atoms with Crippen molar-refractivity contribution in [2.75, 3.05) is 20.3 Å². The summed E-state index contributed by atoms with van der Waals surface area (Å²) in [6.07, 6.45) is 1.28. The van der Waals surface area contributed by atoms with Gasteiger partial charge in [0.1, 0.15) is 0 Å². The third-order valence-electron chi connectivity index (χ3n) is 2.08. The molecule has 2 nitrogen and oxygen atoms in total. The van der Waals surface area contributed by atoms with Gasteiger partial charge >= 0.3 is 0 Å². The highest BCUT2D eigenvalue weighted by molar-refractivity contribution is 4.86. The molecule has 0 aliphatic carbocycles. The lowest BCUT2D eigenvalue weighted by atomic mass is 9.90. The predicted molar refractivity (Wildman–Crippen MR) is 37.4 cm³/mol. The Morgan fingerprint density at radius 2 is 2.44 bits per heavy atom. The van der Waals surface area contributed by atoms with Gasteiger partial charge in [0.2, 0.25) is 0 Å². The van der Waals surface area contributed by atoms with Crippen molar-refractivity contribution in [3.63, 3.8) is 0 Å². The molecule has 1 aliphatic rings. The summed E-state index contributed by atoms with van der Waals surface area (Å²) in [7, 11) is 1.76. The van der Waals surface area contributed by atoms with Crippen molar-refractivity contribution in [2.45, 2.75) is 19.4 Å². The summed E-state index contributed by atoms with van der Waals surface area (Å²) in [5.41, 5.74) is 0. The number of ether oxygens (including phenoxy) is 1. The lowest BCUT2D eigenvalue weighted by Gasteiger charge is -2.36. The fraction of sp³-hybridized carbons (Fsp3) is 1.00. The first-order valence-electron chi connectivity index (χ1n) is 3.60. The molecule has 0 radical (unpaired) electrons. The van der Waals surface area contributed by atoms with E-state index < -0.39 is 0 Å². The standard InChI is InChI=1S/C7H15NO/c1-3-6-4-8-7(6)5-9-2/h6-8H,3-5H2,1-2H3. The molecule has 0 saturated carbocycles. The van der Waals surface area contributed by atoms with Crippen LogP contribution in [0.1, 0.15) is 13.3 Å². The minimum Gasteiger partial charge on any atom is -0.383 e. The van der Waals surface area contributed by atoms with Crippen LogP contribution in [0, 0.1) is 5.92 Å². The molecule has 1 fully saturated rings. The normalized spacial score (nSPS) is 34.0. The van der Waals surface area contributed by atoms with Crippen LogP contribution in [-0.4, -0.2) is 26.3 Å². The summed E-state index contributed by atoms with van der Waals surface area (Å²) >= 11 is 0. The molecule has 9 heavy (non-hydrogen) atoms. The van der Waals surface area contributed by atoms with Crippen LogP contribution in [0.5, 0.6) is 0 Å². The minimum absolute atomic E-state index is 0.639. The molecule has 2 heteroatoms. The average molecular weight is 129 g/mol. The van der Waals surface area contributed by atoms with Crippen molar-refractivity contribution < 1.29 is 4.74 Å². The quantitative estimate of drug-likeness (QED) is 0.603. The van der Waals surface area contributed by atoms with Crippen LogP contribution in [0.2, 0.25) is 0 Å². The predicted octanol–water partition coefficient (Wildman–Crippen LogP) is 0.631. The molecule has 1 aliphatic heterocycles. The number of methoxy groups -OCH3 is 1. The molecule has 2 atom stereocenters. The van der Waals surface area contributed by atoms with Crippen molar-refractivity contribution >= 4 is 0 Å². The zero-order valence-electron chi connectivity index (χ0n) is 6.18. The number of hydrogen-bond donors (Lipinski definition) is 1. The summed E-state index contributed by atoms with van der Waals surface area (Å²) < 4.78 is 5.02. The molecule has 0 aromatic rings. The van der Waals surface area contributed by atoms with Gasteiger partial charge in [-0.15, -0.1) is 0 Å². The van der Waals surface area contributed by atoms with Crippen LogP contribution < -0.4 is 5.32 Å². The van der Waals surface area contributed by atoms with Gasteiger partial charge in [-0.25, -0.2) is 0 Å². The van der Waals surface area contributed by atoms with Crippen molar-refractivity contribution in [1.29, 1.82) is 0 Å². The highest BCUT2D eigenvalue weighted by Crippen LogP contribution is 2.16. The summed E-state index contributed by atoms with van der Waals surface area (Å²) in [5, 5.41) is 3.32. The van der Waals surface area contributed by atoms with E-state index in [2.05, 4.69) is 12.2 Å². The third-order valence-corrected chi connectivity index (χ3v) is 2.08. The zero-order valence-corrected chi connectivity index (χ0v) is 6.18. The summed E-state index contributed by atoms with van der Waals surface area (Å²) in [4.78, 5) is 0. The highest BCUT2D eigenvalue weighted by Gasteiger charge is 2.27. The number of hydrogen-bond acceptors (Lipinski definition) is 2. The maximum Gasteiger partial charge on any atom is 0.0619 e. The highest BCUT2D eigenvalue weighted by atomic mass is 16.5. The van der Waals surface area contributed by atoms with E-state index in [9.17, 15) is 0 Å². The SMILES string of the molecule is CCC1CNC1COC. The van der Waals surface area contributed by atoms with E-state index in [0.29, 0.717) is 6.04 Å². The Bertz CT molecular complexity index is 83.0. The van der Waals surface area contributed by atoms with E-state index >= 15 is 0 Å². The first-order chi connectivity index (χ1) is 4.38. The minimum atomic E-state index is 0.639. The topological polar surface area (TPSA) is 21.3 Å². The van der Waals surface area contributed by atoms with Gasteiger partial charge in [0.15, 0.2) is 0 Å². The molecule has 2 unspecified atom stereocenters. The Kier molecular flexibility index (Phi) is 2.49. The molecule has 0 spiro atoms. The molecule has 0 bridgehead atoms. The Balaban J connectivity index is 2.11. The number of nitrogens with one attached hydrogen (secondary N) is 1. The van der Waals surface area contributed by atoms with Crippen LogP contribution in [0.25, 0.3) is 0 Å². The molecule has 1 rings (SSSR count). The van der Waals surface area contributed by atoms with Gasteiger partial charge in [-0.2, -0.15) is 0 Å². The van der Waals surface area contributed by atoms with E-state index in [0.717, 1.165) is 12.5 Å². The summed E-state index contributed by atoms with van der Waals surface area (Å²) in [6.45, 7) is 4.29. The molecule has 0 aromatic carbocycles. The lowest BCUT2D eigenvalue weighted by Crippen LogP contribution is -2.54. The van der Waals surface area contributed by atoms with Crippen molar-refractivity contribution in [3.8, 4) is 0 Å². The van der Waals surface area contributed by atoms with E-state index in [1.165, 1.54) is 13.0 Å². The Morgan fingerprint density at radius 3 is 2.78 bits per heavy atom. The Morgan fingerprint density at radius 1 is 1.67 bits per heavy atom. The molecular formula is C7H15NO. The van der Waals surface area contributed by atoms with Gasteiger partial charge in [-0.3, -0.25) is 0 Å². The second-order valence-corrected chi connectivity index (χ2v) is 2.64. The maximum absolute atomic E-state index is 5.02. The second kappa shape index (κ2) is 3.18.